The van der Waals surface area contributed by atoms with E-state index in [-0.39, 0.29) is 0 Å². The summed E-state index contributed by atoms with van der Waals surface area (Å²) in [7, 11) is 1.73. The zero-order chi connectivity index (χ0) is 7.68. The van der Waals surface area contributed by atoms with Crippen molar-refractivity contribution in [1.29, 1.82) is 0 Å². The predicted molar refractivity (Wildman–Crippen MR) is 47.4 cm³/mol. The van der Waals surface area contributed by atoms with Crippen LogP contribution in [0.4, 0.5) is 0 Å². The summed E-state index contributed by atoms with van der Waals surface area (Å²) in [5, 5.41) is 1.27. The van der Waals surface area contributed by atoms with Crippen LogP contribution in [0.3, 0.4) is 0 Å². The molecule has 2 aromatic rings. The Labute approximate surface area is 71.3 Å². The molecule has 2 heteroatoms. The van der Waals surface area contributed by atoms with Crippen LogP contribution >= 0.6 is 0 Å². The average molecular weight is 211 g/mol. The molecule has 0 bridgehead atoms. The molecule has 0 unspecified atom stereocenters. The first-order chi connectivity index (χ1) is 5.42. The maximum absolute atomic E-state index is 5.21. The van der Waals surface area contributed by atoms with E-state index in [1.165, 1.54) is 9.65 Å². The van der Waals surface area contributed by atoms with Gasteiger partial charge in [0.05, 0.1) is 0 Å². The number of hydrogen-bond acceptors (Lipinski definition) is 1. The van der Waals surface area contributed by atoms with E-state index in [0.29, 0.717) is 14.5 Å². The average Bonchev–Trinajstić information content (AvgIpc) is 2.47. The molecule has 0 amide bonds. The van der Waals surface area contributed by atoms with E-state index < -0.39 is 0 Å². The Morgan fingerprint density at radius 1 is 1.27 bits per heavy atom. The summed E-state index contributed by atoms with van der Waals surface area (Å²) in [6.07, 6.45) is 0. The van der Waals surface area contributed by atoms with E-state index in [4.69, 9.17) is 4.74 Å². The molecule has 0 spiro atoms. The van der Waals surface area contributed by atoms with Gasteiger partial charge in [-0.1, -0.05) is 0 Å². The number of ether oxygens (including phenoxy) is 1. The molecule has 0 atom stereocenters. The molecular formula is C9H8OSe. The fourth-order valence-corrected chi connectivity index (χ4v) is 3.02. The number of hydrogen-bond donors (Lipinski definition) is 0. The van der Waals surface area contributed by atoms with Crippen LogP contribution in [0, 0.1) is 0 Å². The second kappa shape index (κ2) is 2.72. The van der Waals surface area contributed by atoms with E-state index in [2.05, 4.69) is 23.1 Å². The molecule has 0 aliphatic heterocycles. The van der Waals surface area contributed by atoms with E-state index in [1.807, 2.05) is 6.07 Å². The van der Waals surface area contributed by atoms with Crippen molar-refractivity contribution in [2.45, 2.75) is 0 Å². The maximum atomic E-state index is 5.21. The van der Waals surface area contributed by atoms with Crippen molar-refractivity contribution < 1.29 is 4.74 Å². The van der Waals surface area contributed by atoms with Crippen LogP contribution in [-0.2, 0) is 0 Å². The topological polar surface area (TPSA) is 9.23 Å². The Bertz CT molecular complexity index is 364. The quantitative estimate of drug-likeness (QED) is 0.654. The monoisotopic (exact) mass is 212 g/mol. The minimum atomic E-state index is 0.488. The van der Waals surface area contributed by atoms with Gasteiger partial charge in [-0.15, -0.1) is 0 Å². The molecule has 0 aliphatic carbocycles. The van der Waals surface area contributed by atoms with Gasteiger partial charge in [-0.2, -0.15) is 0 Å². The van der Waals surface area contributed by atoms with E-state index in [9.17, 15) is 0 Å². The summed E-state index contributed by atoms with van der Waals surface area (Å²) >= 11 is 0.488. The Morgan fingerprint density at radius 3 is 2.91 bits per heavy atom. The van der Waals surface area contributed by atoms with Crippen LogP contribution in [0.25, 0.3) is 9.65 Å². The van der Waals surface area contributed by atoms with Gasteiger partial charge in [-0.3, -0.25) is 0 Å². The van der Waals surface area contributed by atoms with E-state index in [1.54, 1.807) is 7.11 Å². The van der Waals surface area contributed by atoms with Crippen LogP contribution in [0.15, 0.2) is 29.2 Å². The van der Waals surface area contributed by atoms with Crippen LogP contribution in [0.5, 0.6) is 5.75 Å². The van der Waals surface area contributed by atoms with E-state index in [0.717, 1.165) is 5.75 Å². The molecule has 2 rings (SSSR count). The number of benzene rings is 1. The van der Waals surface area contributed by atoms with Gasteiger partial charge in [0, 0.05) is 0 Å². The normalized spacial score (nSPS) is 10.3. The zero-order valence-electron chi connectivity index (χ0n) is 6.20. The standard InChI is InChI=1S/C9H8OSe/c1-10-8-6-11-9-5-3-2-4-7(8)9/h2-6H,1H3. The third-order valence-corrected chi connectivity index (χ3v) is 3.64. The van der Waals surface area contributed by atoms with Gasteiger partial charge in [-0.05, 0) is 0 Å². The van der Waals surface area contributed by atoms with Crippen molar-refractivity contribution in [3.05, 3.63) is 29.2 Å². The van der Waals surface area contributed by atoms with Crippen LogP contribution in [-0.4, -0.2) is 21.6 Å². The van der Waals surface area contributed by atoms with Crippen molar-refractivity contribution in [3.8, 4) is 5.75 Å². The van der Waals surface area contributed by atoms with Crippen LogP contribution < -0.4 is 4.74 Å². The molecule has 0 N–H and O–H groups in total. The van der Waals surface area contributed by atoms with Crippen molar-refractivity contribution in [2.75, 3.05) is 7.11 Å². The van der Waals surface area contributed by atoms with Crippen molar-refractivity contribution >= 4 is 24.1 Å². The molecule has 56 valence electrons. The van der Waals surface area contributed by atoms with Crippen molar-refractivity contribution in [1.82, 2.24) is 0 Å². The third kappa shape index (κ3) is 1.09. The predicted octanol–water partition coefficient (Wildman–Crippen LogP) is 1.91. The second-order valence-corrected chi connectivity index (χ2v) is 4.21. The Kier molecular flexibility index (Phi) is 1.72. The minimum absolute atomic E-state index is 0.488. The Morgan fingerprint density at radius 2 is 2.09 bits per heavy atom. The van der Waals surface area contributed by atoms with Crippen molar-refractivity contribution in [3.63, 3.8) is 0 Å². The first-order valence-corrected chi connectivity index (χ1v) is 5.26. The van der Waals surface area contributed by atoms with E-state index >= 15 is 0 Å². The van der Waals surface area contributed by atoms with Gasteiger partial charge in [-0.25, -0.2) is 0 Å². The third-order valence-electron chi connectivity index (χ3n) is 1.67. The Balaban J connectivity index is 2.76. The first-order valence-electron chi connectivity index (χ1n) is 3.42. The molecule has 1 aromatic heterocycles. The molecule has 1 aromatic carbocycles. The summed E-state index contributed by atoms with van der Waals surface area (Å²) in [5.74, 6) is 1.04. The summed E-state index contributed by atoms with van der Waals surface area (Å²) < 4.78 is 6.64. The fourth-order valence-electron chi connectivity index (χ4n) is 1.11. The van der Waals surface area contributed by atoms with Gasteiger partial charge in [0.15, 0.2) is 0 Å². The molecule has 1 nitrogen and oxygen atoms in total. The molecule has 0 aliphatic rings. The summed E-state index contributed by atoms with van der Waals surface area (Å²) in [5.41, 5.74) is 0. The first kappa shape index (κ1) is 6.96. The zero-order valence-corrected chi connectivity index (χ0v) is 7.92. The number of rotatable bonds is 1. The van der Waals surface area contributed by atoms with Gasteiger partial charge in [0.2, 0.25) is 0 Å². The summed E-state index contributed by atoms with van der Waals surface area (Å²) in [6.45, 7) is 0. The molecule has 1 heterocycles. The van der Waals surface area contributed by atoms with Crippen LogP contribution in [0.1, 0.15) is 0 Å². The summed E-state index contributed by atoms with van der Waals surface area (Å²) in [4.78, 5) is 2.18. The molecule has 11 heavy (non-hydrogen) atoms. The number of methoxy groups -OCH3 is 1. The Hall–Kier alpha value is -0.721. The van der Waals surface area contributed by atoms with Gasteiger partial charge >= 0.3 is 71.0 Å². The SMILES string of the molecule is COc1c[se]c2ccccc12. The summed E-state index contributed by atoms with van der Waals surface area (Å²) in [6, 6.07) is 8.40. The van der Waals surface area contributed by atoms with Crippen LogP contribution in [0.2, 0.25) is 0 Å². The fraction of sp³-hybridized carbons (Fsp3) is 0.111. The van der Waals surface area contributed by atoms with Crippen molar-refractivity contribution in [2.24, 2.45) is 0 Å². The number of fused-ring (bicyclic) bond motifs is 1. The molecule has 0 saturated heterocycles. The molecular weight excluding hydrogens is 203 g/mol. The van der Waals surface area contributed by atoms with Gasteiger partial charge in [0.25, 0.3) is 0 Å². The molecule has 0 fully saturated rings. The molecule has 0 radical (unpaired) electrons. The van der Waals surface area contributed by atoms with Gasteiger partial charge in [0.1, 0.15) is 0 Å². The second-order valence-electron chi connectivity index (χ2n) is 2.30. The van der Waals surface area contributed by atoms with Gasteiger partial charge < -0.3 is 0 Å². The molecule has 0 saturated carbocycles.